The summed E-state index contributed by atoms with van der Waals surface area (Å²) in [5, 5.41) is 23.7. The molecule has 9 heteroatoms. The predicted molar refractivity (Wildman–Crippen MR) is 163 cm³/mol. The molecule has 0 spiro atoms. The Labute approximate surface area is 245 Å². The number of benzene rings is 2. The van der Waals surface area contributed by atoms with E-state index in [9.17, 15) is 4.79 Å². The maximum atomic E-state index is 11.7. The summed E-state index contributed by atoms with van der Waals surface area (Å²) in [7, 11) is 0. The Morgan fingerprint density at radius 1 is 0.833 bits per heavy atom. The third kappa shape index (κ3) is 5.44. The van der Waals surface area contributed by atoms with Crippen LogP contribution in [-0.2, 0) is 30.5 Å². The predicted octanol–water partition coefficient (Wildman–Crippen LogP) is 5.89. The quantitative estimate of drug-likeness (QED) is 0.221. The summed E-state index contributed by atoms with van der Waals surface area (Å²) in [6.07, 6.45) is 11.3. The van der Waals surface area contributed by atoms with Crippen LogP contribution in [-0.4, -0.2) is 50.3 Å². The van der Waals surface area contributed by atoms with Gasteiger partial charge in [-0.05, 0) is 130 Å². The van der Waals surface area contributed by atoms with Gasteiger partial charge in [0.1, 0.15) is 0 Å². The number of amides is 1. The van der Waals surface area contributed by atoms with Gasteiger partial charge in [0.2, 0.25) is 5.91 Å². The summed E-state index contributed by atoms with van der Waals surface area (Å²) in [4.78, 5) is 14.4. The van der Waals surface area contributed by atoms with Crippen LogP contribution in [0.5, 0.6) is 0 Å². The van der Waals surface area contributed by atoms with Crippen LogP contribution in [0, 0.1) is 0 Å². The van der Waals surface area contributed by atoms with E-state index >= 15 is 0 Å². The van der Waals surface area contributed by atoms with Gasteiger partial charge < -0.3 is 20.0 Å². The molecular weight excluding hydrogens is 526 g/mol. The first-order chi connectivity index (χ1) is 20.6. The van der Waals surface area contributed by atoms with Crippen molar-refractivity contribution in [2.24, 2.45) is 0 Å². The number of nitrogens with one attached hydrogen (secondary N) is 2. The second kappa shape index (κ2) is 11.5. The van der Waals surface area contributed by atoms with Gasteiger partial charge in [0.25, 0.3) is 5.89 Å². The van der Waals surface area contributed by atoms with Crippen molar-refractivity contribution < 1.29 is 9.21 Å². The normalized spacial score (nSPS) is 18.2. The van der Waals surface area contributed by atoms with Crippen molar-refractivity contribution in [3.8, 4) is 22.8 Å². The highest BCUT2D eigenvalue weighted by atomic mass is 16.4. The fraction of sp³-hybridized carbons (Fsp3) is 0.364. The van der Waals surface area contributed by atoms with E-state index < -0.39 is 0 Å². The fourth-order valence-corrected chi connectivity index (χ4v) is 6.67. The molecule has 2 aromatic heterocycles. The molecule has 2 aliphatic carbocycles. The van der Waals surface area contributed by atoms with Crippen LogP contribution in [0.1, 0.15) is 54.4 Å². The van der Waals surface area contributed by atoms with Crippen molar-refractivity contribution in [2.45, 2.75) is 63.8 Å². The lowest BCUT2D eigenvalue weighted by atomic mass is 10.0. The summed E-state index contributed by atoms with van der Waals surface area (Å²) in [6.45, 7) is 6.04. The topological polar surface area (TPSA) is 109 Å². The van der Waals surface area contributed by atoms with Gasteiger partial charge in [-0.25, -0.2) is 0 Å². The van der Waals surface area contributed by atoms with Gasteiger partial charge in [0.15, 0.2) is 5.69 Å². The van der Waals surface area contributed by atoms with Crippen molar-refractivity contribution in [3.63, 3.8) is 0 Å². The molecule has 0 radical (unpaired) electrons. The van der Waals surface area contributed by atoms with E-state index in [-0.39, 0.29) is 5.91 Å². The molecule has 3 heterocycles. The molecule has 7 rings (SSSR count). The van der Waals surface area contributed by atoms with E-state index in [1.807, 2.05) is 24.3 Å². The number of nitrogens with zero attached hydrogens (tertiary/aromatic N) is 5. The number of hydrogen-bond donors (Lipinski definition) is 2. The number of likely N-dealkylation sites (tertiary alicyclic amines) is 1. The second-order valence-corrected chi connectivity index (χ2v) is 11.5. The summed E-state index contributed by atoms with van der Waals surface area (Å²) >= 11 is 0. The van der Waals surface area contributed by atoms with E-state index in [0.717, 1.165) is 65.9 Å². The van der Waals surface area contributed by atoms with Crippen LogP contribution in [0.4, 0.5) is 17.4 Å². The van der Waals surface area contributed by atoms with Crippen LogP contribution in [0.3, 0.4) is 0 Å². The Morgan fingerprint density at radius 2 is 1.62 bits per heavy atom. The average Bonchev–Trinajstić information content (AvgIpc) is 3.63. The molecule has 1 amide bonds. The van der Waals surface area contributed by atoms with Gasteiger partial charge in [0.05, 0.1) is 5.69 Å². The highest BCUT2D eigenvalue weighted by Gasteiger charge is 2.25. The maximum absolute atomic E-state index is 11.7. The second-order valence-electron chi connectivity index (χ2n) is 11.5. The summed E-state index contributed by atoms with van der Waals surface area (Å²) < 4.78 is 5.99. The lowest BCUT2D eigenvalue weighted by molar-refractivity contribution is -0.111. The Kier molecular flexibility index (Phi) is 7.25. The number of aromatic nitrogens is 4. The van der Waals surface area contributed by atoms with Crippen molar-refractivity contribution >= 4 is 23.3 Å². The highest BCUT2D eigenvalue weighted by molar-refractivity contribution is 5.99. The lowest BCUT2D eigenvalue weighted by Crippen LogP contribution is -2.32. The van der Waals surface area contributed by atoms with E-state index in [4.69, 9.17) is 4.42 Å². The Morgan fingerprint density at radius 3 is 2.48 bits per heavy atom. The van der Waals surface area contributed by atoms with Crippen LogP contribution in [0.25, 0.3) is 22.8 Å². The maximum Gasteiger partial charge on any atom is 0.320 e. The van der Waals surface area contributed by atoms with Gasteiger partial charge >= 0.3 is 6.01 Å². The summed E-state index contributed by atoms with van der Waals surface area (Å²) in [6, 6.07) is 15.5. The molecule has 1 atom stereocenters. The molecule has 0 saturated carbocycles. The molecule has 4 aromatic rings. The summed E-state index contributed by atoms with van der Waals surface area (Å²) in [5.41, 5.74) is 9.23. The molecule has 0 bridgehead atoms. The van der Waals surface area contributed by atoms with Crippen molar-refractivity contribution in [3.05, 3.63) is 77.4 Å². The highest BCUT2D eigenvalue weighted by Crippen LogP contribution is 2.34. The third-order valence-electron chi connectivity index (χ3n) is 8.83. The third-order valence-corrected chi connectivity index (χ3v) is 8.83. The van der Waals surface area contributed by atoms with Crippen LogP contribution >= 0.6 is 0 Å². The molecule has 9 nitrogen and oxygen atoms in total. The minimum atomic E-state index is -0.227. The first-order valence-electron chi connectivity index (χ1n) is 15.0. The molecule has 1 unspecified atom stereocenters. The number of aryl methyl sites for hydroxylation is 4. The van der Waals surface area contributed by atoms with E-state index in [0.29, 0.717) is 23.6 Å². The standard InChI is InChI=1S/C33H35N7O2/c1-2-30(41)34-25-12-15-28-23(19-25)6-5-7-24-20-29(36-37-31(24)28)32-38-39-33(42-32)35-26-11-8-21-9-13-27(14-10-22(21)18-26)40-16-3-4-17-40/h2,8,11-12,15,18-20,27H,1,3-7,9-10,13-14,16-17H2,(H,34,41)(H,35,39). The molecule has 2 N–H and O–H groups in total. The smallest absolute Gasteiger partial charge is 0.320 e. The molecule has 2 aromatic carbocycles. The molecular formula is C33H35N7O2. The van der Waals surface area contributed by atoms with Crippen LogP contribution in [0.2, 0.25) is 0 Å². The van der Waals surface area contributed by atoms with Crippen molar-refractivity contribution in [2.75, 3.05) is 23.7 Å². The van der Waals surface area contributed by atoms with Crippen molar-refractivity contribution in [1.82, 2.24) is 25.3 Å². The molecule has 3 aliphatic rings. The SMILES string of the molecule is C=CC(=O)Nc1ccc2c(c1)CCCc1cc(-c3nnc(Nc4ccc5c(c4)CCC(N4CCCC4)CC5)o3)nnc1-2. The van der Waals surface area contributed by atoms with Gasteiger partial charge in [-0.1, -0.05) is 23.8 Å². The lowest BCUT2D eigenvalue weighted by Gasteiger charge is -2.25. The van der Waals surface area contributed by atoms with E-state index in [1.54, 1.807) is 0 Å². The van der Waals surface area contributed by atoms with Crippen molar-refractivity contribution in [1.29, 1.82) is 0 Å². The van der Waals surface area contributed by atoms with E-state index in [2.05, 4.69) is 60.7 Å². The average molecular weight is 562 g/mol. The zero-order valence-electron chi connectivity index (χ0n) is 23.7. The molecule has 214 valence electrons. The first kappa shape index (κ1) is 26.5. The number of fused-ring (bicyclic) bond motifs is 4. The zero-order valence-corrected chi connectivity index (χ0v) is 23.7. The number of rotatable bonds is 6. The number of carbonyl (C=O) groups is 1. The molecule has 42 heavy (non-hydrogen) atoms. The zero-order chi connectivity index (χ0) is 28.5. The number of hydrogen-bond acceptors (Lipinski definition) is 8. The first-order valence-corrected chi connectivity index (χ1v) is 15.0. The summed E-state index contributed by atoms with van der Waals surface area (Å²) in [5.74, 6) is 0.109. The minimum Gasteiger partial charge on any atom is -0.401 e. The van der Waals surface area contributed by atoms with E-state index in [1.165, 1.54) is 56.0 Å². The molecule has 1 saturated heterocycles. The minimum absolute atomic E-state index is 0.227. The van der Waals surface area contributed by atoms with Gasteiger partial charge in [0, 0.05) is 23.0 Å². The number of carbonyl (C=O) groups excluding carboxylic acids is 1. The Bertz CT molecular complexity index is 1640. The molecule has 1 fully saturated rings. The van der Waals surface area contributed by atoms with Crippen LogP contribution in [0.15, 0.2) is 59.5 Å². The van der Waals surface area contributed by atoms with Gasteiger partial charge in [-0.15, -0.1) is 15.3 Å². The Hall–Kier alpha value is -4.37. The monoisotopic (exact) mass is 561 g/mol. The number of anilines is 3. The molecule has 1 aliphatic heterocycles. The fourth-order valence-electron chi connectivity index (χ4n) is 6.67. The van der Waals surface area contributed by atoms with Gasteiger partial charge in [-0.3, -0.25) is 4.79 Å². The van der Waals surface area contributed by atoms with Gasteiger partial charge in [-0.2, -0.15) is 0 Å². The largest absolute Gasteiger partial charge is 0.401 e. The van der Waals surface area contributed by atoms with Crippen LogP contribution < -0.4 is 10.6 Å². The Balaban J connectivity index is 1.06.